The van der Waals surface area contributed by atoms with Gasteiger partial charge in [-0.25, -0.2) is 4.79 Å². The minimum absolute atomic E-state index is 0.00758. The molecular weight excluding hydrogens is 328 g/mol. The van der Waals surface area contributed by atoms with Gasteiger partial charge in [0.2, 0.25) is 11.8 Å². The van der Waals surface area contributed by atoms with Crippen LogP contribution in [0, 0.1) is 0 Å². The van der Waals surface area contributed by atoms with Crippen LogP contribution in [0.4, 0.5) is 5.69 Å². The third-order valence-electron chi connectivity index (χ3n) is 3.95. The molecule has 1 aliphatic heterocycles. The van der Waals surface area contributed by atoms with E-state index >= 15 is 0 Å². The fraction of sp³-hybridized carbons (Fsp3) is 0.235. The fourth-order valence-electron chi connectivity index (χ4n) is 2.76. The lowest BCUT2D eigenvalue weighted by atomic mass is 9.89. The molecule has 2 heterocycles. The number of hydrogen-bond donors (Lipinski definition) is 3. The van der Waals surface area contributed by atoms with E-state index in [-0.39, 0.29) is 18.7 Å². The molecule has 124 valence electrons. The molecule has 24 heavy (non-hydrogen) atoms. The zero-order valence-corrected chi connectivity index (χ0v) is 13.5. The lowest BCUT2D eigenvalue weighted by Crippen LogP contribution is -2.45. The Balaban J connectivity index is 1.78. The second kappa shape index (κ2) is 6.84. The van der Waals surface area contributed by atoms with Crippen LogP contribution in [-0.4, -0.2) is 28.9 Å². The van der Waals surface area contributed by atoms with Crippen LogP contribution in [0.1, 0.15) is 23.5 Å². The number of aliphatic carboxylic acids is 1. The first-order valence-corrected chi connectivity index (χ1v) is 8.42. The van der Waals surface area contributed by atoms with Crippen molar-refractivity contribution >= 4 is 34.8 Å². The number of carboxylic acid groups (broad SMARTS) is 1. The summed E-state index contributed by atoms with van der Waals surface area (Å²) in [5.41, 5.74) is 2.15. The van der Waals surface area contributed by atoms with Crippen molar-refractivity contribution in [2.75, 3.05) is 5.32 Å². The lowest BCUT2D eigenvalue weighted by Gasteiger charge is -2.26. The van der Waals surface area contributed by atoms with E-state index in [9.17, 15) is 19.5 Å². The van der Waals surface area contributed by atoms with Gasteiger partial charge in [0.05, 0.1) is 5.92 Å². The van der Waals surface area contributed by atoms with Gasteiger partial charge in [-0.2, -0.15) is 11.3 Å². The molecule has 0 aliphatic carbocycles. The molecule has 2 atom stereocenters. The fourth-order valence-corrected chi connectivity index (χ4v) is 3.44. The average molecular weight is 344 g/mol. The molecule has 0 spiro atoms. The number of benzene rings is 1. The third kappa shape index (κ3) is 3.46. The Morgan fingerprint density at radius 2 is 2.12 bits per heavy atom. The van der Waals surface area contributed by atoms with Gasteiger partial charge in [-0.15, -0.1) is 0 Å². The molecule has 6 nitrogen and oxygen atoms in total. The highest BCUT2D eigenvalue weighted by atomic mass is 32.1. The minimum atomic E-state index is -1.09. The average Bonchev–Trinajstić information content (AvgIpc) is 3.06. The van der Waals surface area contributed by atoms with E-state index in [4.69, 9.17) is 0 Å². The number of anilines is 1. The van der Waals surface area contributed by atoms with Crippen molar-refractivity contribution in [1.82, 2.24) is 5.32 Å². The number of carboxylic acids is 1. The molecule has 0 bridgehead atoms. The van der Waals surface area contributed by atoms with Crippen molar-refractivity contribution in [2.45, 2.75) is 24.8 Å². The normalized spacial score (nSPS) is 17.5. The number of carbonyl (C=O) groups excluding carboxylic acids is 2. The summed E-state index contributed by atoms with van der Waals surface area (Å²) in [6, 6.07) is 7.87. The maximum absolute atomic E-state index is 12.6. The van der Waals surface area contributed by atoms with E-state index in [1.54, 1.807) is 24.3 Å². The van der Waals surface area contributed by atoms with E-state index in [0.717, 1.165) is 5.56 Å². The van der Waals surface area contributed by atoms with E-state index in [2.05, 4.69) is 10.6 Å². The maximum Gasteiger partial charge on any atom is 0.326 e. The number of amides is 2. The van der Waals surface area contributed by atoms with Crippen molar-refractivity contribution in [3.05, 3.63) is 52.2 Å². The van der Waals surface area contributed by atoms with E-state index < -0.39 is 23.8 Å². The number of para-hydroxylation sites is 1. The highest BCUT2D eigenvalue weighted by Gasteiger charge is 2.32. The molecule has 0 fully saturated rings. The van der Waals surface area contributed by atoms with Gasteiger partial charge in [-0.3, -0.25) is 9.59 Å². The lowest BCUT2D eigenvalue weighted by molar-refractivity contribution is -0.142. The van der Waals surface area contributed by atoms with Crippen LogP contribution in [0.15, 0.2) is 41.1 Å². The molecule has 2 aromatic rings. The third-order valence-corrected chi connectivity index (χ3v) is 4.68. The Kier molecular flexibility index (Phi) is 4.61. The molecule has 1 aromatic carbocycles. The Morgan fingerprint density at radius 3 is 2.83 bits per heavy atom. The molecule has 1 aromatic heterocycles. The standard InChI is InChI=1S/C17H16N2O4S/c20-15-8-12(11-3-1-2-4-13(11)18-15)16(21)19-14(17(22)23)7-10-5-6-24-9-10/h1-6,9,12,14H,7-8H2,(H,18,20)(H,19,21)(H,22,23). The van der Waals surface area contributed by atoms with Crippen molar-refractivity contribution in [3.8, 4) is 0 Å². The summed E-state index contributed by atoms with van der Waals surface area (Å²) >= 11 is 1.47. The summed E-state index contributed by atoms with van der Waals surface area (Å²) in [6.45, 7) is 0. The van der Waals surface area contributed by atoms with Crippen LogP contribution < -0.4 is 10.6 Å². The van der Waals surface area contributed by atoms with E-state index in [0.29, 0.717) is 11.3 Å². The van der Waals surface area contributed by atoms with Gasteiger partial charge in [0.1, 0.15) is 6.04 Å². The van der Waals surface area contributed by atoms with E-state index in [1.807, 2.05) is 16.8 Å². The zero-order chi connectivity index (χ0) is 17.1. The van der Waals surface area contributed by atoms with Crippen molar-refractivity contribution in [3.63, 3.8) is 0 Å². The molecule has 3 rings (SSSR count). The van der Waals surface area contributed by atoms with Gasteiger partial charge in [-0.1, -0.05) is 18.2 Å². The number of rotatable bonds is 5. The second-order valence-electron chi connectivity index (χ2n) is 5.63. The number of hydrogen-bond acceptors (Lipinski definition) is 4. The summed E-state index contributed by atoms with van der Waals surface area (Å²) < 4.78 is 0. The topological polar surface area (TPSA) is 95.5 Å². The quantitative estimate of drug-likeness (QED) is 0.773. The zero-order valence-electron chi connectivity index (χ0n) is 12.7. The molecule has 2 amide bonds. The van der Waals surface area contributed by atoms with Crippen LogP contribution in [0.2, 0.25) is 0 Å². The van der Waals surface area contributed by atoms with Gasteiger partial charge < -0.3 is 15.7 Å². The molecule has 7 heteroatoms. The first-order valence-electron chi connectivity index (χ1n) is 7.47. The molecule has 0 saturated heterocycles. The maximum atomic E-state index is 12.6. The number of carbonyl (C=O) groups is 3. The highest BCUT2D eigenvalue weighted by Crippen LogP contribution is 2.32. The van der Waals surface area contributed by atoms with Gasteiger partial charge in [0.15, 0.2) is 0 Å². The summed E-state index contributed by atoms with van der Waals surface area (Å²) in [4.78, 5) is 35.9. The largest absolute Gasteiger partial charge is 0.480 e. The van der Waals surface area contributed by atoms with Crippen LogP contribution in [0.3, 0.4) is 0 Å². The Bertz CT molecular complexity index is 773. The highest BCUT2D eigenvalue weighted by molar-refractivity contribution is 7.07. The molecule has 3 N–H and O–H groups in total. The van der Waals surface area contributed by atoms with Crippen molar-refractivity contribution in [2.24, 2.45) is 0 Å². The molecule has 0 radical (unpaired) electrons. The van der Waals surface area contributed by atoms with Gasteiger partial charge in [0.25, 0.3) is 0 Å². The van der Waals surface area contributed by atoms with Crippen LogP contribution in [-0.2, 0) is 20.8 Å². The monoisotopic (exact) mass is 344 g/mol. The summed E-state index contributed by atoms with van der Waals surface area (Å²) in [5, 5.41) is 18.4. The smallest absolute Gasteiger partial charge is 0.326 e. The minimum Gasteiger partial charge on any atom is -0.480 e. The number of fused-ring (bicyclic) bond motifs is 1. The second-order valence-corrected chi connectivity index (χ2v) is 6.41. The first-order chi connectivity index (χ1) is 11.5. The Labute approximate surface area is 142 Å². The predicted octanol–water partition coefficient (Wildman–Crippen LogP) is 1.99. The SMILES string of the molecule is O=C1CC(C(=O)NC(Cc2ccsc2)C(=O)O)c2ccccc2N1. The van der Waals surface area contributed by atoms with Crippen LogP contribution >= 0.6 is 11.3 Å². The Morgan fingerprint density at radius 1 is 1.33 bits per heavy atom. The summed E-state index contributed by atoms with van der Waals surface area (Å²) in [6.07, 6.45) is 0.221. The molecule has 1 aliphatic rings. The van der Waals surface area contributed by atoms with Gasteiger partial charge in [0, 0.05) is 18.5 Å². The van der Waals surface area contributed by atoms with Crippen LogP contribution in [0.25, 0.3) is 0 Å². The van der Waals surface area contributed by atoms with Crippen LogP contribution in [0.5, 0.6) is 0 Å². The first kappa shape index (κ1) is 16.2. The van der Waals surface area contributed by atoms with Gasteiger partial charge >= 0.3 is 5.97 Å². The van der Waals surface area contributed by atoms with Gasteiger partial charge in [-0.05, 0) is 34.0 Å². The number of thiophene rings is 1. The van der Waals surface area contributed by atoms with Crippen molar-refractivity contribution < 1.29 is 19.5 Å². The molecule has 2 unspecified atom stereocenters. The Hall–Kier alpha value is -2.67. The molecule has 0 saturated carbocycles. The summed E-state index contributed by atoms with van der Waals surface area (Å²) in [5.74, 6) is -2.47. The predicted molar refractivity (Wildman–Crippen MR) is 90.0 cm³/mol. The van der Waals surface area contributed by atoms with Crippen molar-refractivity contribution in [1.29, 1.82) is 0 Å². The summed E-state index contributed by atoms with van der Waals surface area (Å²) in [7, 11) is 0. The number of nitrogens with one attached hydrogen (secondary N) is 2. The van der Waals surface area contributed by atoms with E-state index in [1.165, 1.54) is 11.3 Å². The molecular formula is C17H16N2O4S.